The van der Waals surface area contributed by atoms with Crippen molar-refractivity contribution < 1.29 is 14.3 Å². The highest BCUT2D eigenvalue weighted by atomic mass is 32.1. The molecule has 4 saturated carbocycles. The van der Waals surface area contributed by atoms with Crippen LogP contribution in [0.4, 0.5) is 5.69 Å². The number of rotatable bonds is 7. The average molecular weight is 403 g/mol. The maximum atomic E-state index is 11.7. The van der Waals surface area contributed by atoms with Crippen molar-refractivity contribution in [1.29, 1.82) is 0 Å². The van der Waals surface area contributed by atoms with Crippen molar-refractivity contribution in [2.45, 2.75) is 51.0 Å². The molecule has 2 N–H and O–H groups in total. The van der Waals surface area contributed by atoms with Crippen LogP contribution in [0.3, 0.4) is 0 Å². The largest absolute Gasteiger partial charge is 0.462 e. The van der Waals surface area contributed by atoms with Gasteiger partial charge in [0.25, 0.3) is 0 Å². The quantitative estimate of drug-likeness (QED) is 0.406. The minimum atomic E-state index is -0.309. The number of thiocarbonyl (C=S) groups is 1. The van der Waals surface area contributed by atoms with E-state index in [1.165, 1.54) is 38.5 Å². The molecule has 4 bridgehead atoms. The number of nitrogens with one attached hydrogen (secondary N) is 2. The van der Waals surface area contributed by atoms with Crippen LogP contribution in [0.1, 0.15) is 55.8 Å². The number of hydrogen-bond acceptors (Lipinski definition) is 4. The van der Waals surface area contributed by atoms with E-state index in [1.54, 1.807) is 19.1 Å². The molecule has 0 saturated heterocycles. The van der Waals surface area contributed by atoms with Crippen LogP contribution in [0.5, 0.6) is 0 Å². The number of hydrogen-bond donors (Lipinski definition) is 2. The van der Waals surface area contributed by atoms with E-state index in [0.717, 1.165) is 23.4 Å². The Balaban J connectivity index is 1.19. The Labute approximate surface area is 172 Å². The van der Waals surface area contributed by atoms with Crippen molar-refractivity contribution in [3.8, 4) is 0 Å². The van der Waals surface area contributed by atoms with Gasteiger partial charge in [-0.1, -0.05) is 0 Å². The van der Waals surface area contributed by atoms with E-state index in [0.29, 0.717) is 30.4 Å². The normalized spacial score (nSPS) is 30.1. The van der Waals surface area contributed by atoms with Crippen molar-refractivity contribution in [3.05, 3.63) is 29.8 Å². The molecule has 0 radical (unpaired) electrons. The van der Waals surface area contributed by atoms with Crippen LogP contribution in [0, 0.1) is 17.8 Å². The molecule has 1 aromatic carbocycles. The summed E-state index contributed by atoms with van der Waals surface area (Å²) in [6.07, 6.45) is 8.08. The summed E-state index contributed by atoms with van der Waals surface area (Å²) < 4.78 is 11.4. The second-order valence-corrected chi connectivity index (χ2v) is 9.04. The van der Waals surface area contributed by atoms with Gasteiger partial charge in [-0.3, -0.25) is 0 Å². The fraction of sp³-hybridized carbons (Fsp3) is 0.636. The zero-order valence-electron chi connectivity index (χ0n) is 16.5. The molecule has 0 aromatic heterocycles. The van der Waals surface area contributed by atoms with E-state index in [1.807, 2.05) is 12.1 Å². The molecule has 4 aliphatic rings. The van der Waals surface area contributed by atoms with Crippen LogP contribution < -0.4 is 10.6 Å². The van der Waals surface area contributed by atoms with Crippen LogP contribution in [0.25, 0.3) is 0 Å². The van der Waals surface area contributed by atoms with E-state index in [9.17, 15) is 4.79 Å². The summed E-state index contributed by atoms with van der Waals surface area (Å²) in [5.74, 6) is 2.40. The molecule has 0 aliphatic heterocycles. The lowest BCUT2D eigenvalue weighted by atomic mass is 9.54. The molecule has 0 atom stereocenters. The smallest absolute Gasteiger partial charge is 0.338 e. The van der Waals surface area contributed by atoms with Crippen LogP contribution in [-0.4, -0.2) is 36.4 Å². The molecule has 1 aromatic rings. The summed E-state index contributed by atoms with van der Waals surface area (Å²) in [6, 6.07) is 7.12. The first kappa shape index (κ1) is 19.6. The van der Waals surface area contributed by atoms with Crippen molar-refractivity contribution >= 4 is 29.0 Å². The third kappa shape index (κ3) is 4.49. The number of anilines is 1. The minimum absolute atomic E-state index is 0.147. The number of ether oxygens (including phenoxy) is 2. The van der Waals surface area contributed by atoms with Gasteiger partial charge >= 0.3 is 5.97 Å². The fourth-order valence-corrected chi connectivity index (χ4v) is 5.94. The van der Waals surface area contributed by atoms with Gasteiger partial charge in [0.2, 0.25) is 0 Å². The number of benzene rings is 1. The Bertz CT molecular complexity index is 684. The molecule has 4 fully saturated rings. The zero-order chi connectivity index (χ0) is 19.6. The van der Waals surface area contributed by atoms with Crippen LogP contribution >= 0.6 is 12.2 Å². The van der Waals surface area contributed by atoms with Crippen molar-refractivity contribution in [1.82, 2.24) is 5.32 Å². The molecular formula is C22H30N2O3S. The molecule has 0 spiro atoms. The predicted octanol–water partition coefficient (Wildman–Crippen LogP) is 4.14. The molecule has 0 unspecified atom stereocenters. The molecule has 5 rings (SSSR count). The first-order chi connectivity index (χ1) is 13.5. The third-order valence-corrected chi connectivity index (χ3v) is 6.68. The lowest BCUT2D eigenvalue weighted by Gasteiger charge is -2.56. The summed E-state index contributed by atoms with van der Waals surface area (Å²) in [6.45, 7) is 3.56. The molecule has 5 nitrogen and oxygen atoms in total. The zero-order valence-corrected chi connectivity index (χ0v) is 17.4. The third-order valence-electron chi connectivity index (χ3n) is 6.43. The van der Waals surface area contributed by atoms with Crippen molar-refractivity contribution in [2.24, 2.45) is 17.8 Å². The molecule has 0 amide bonds. The summed E-state index contributed by atoms with van der Waals surface area (Å²) in [7, 11) is 0. The Kier molecular flexibility index (Phi) is 5.88. The Morgan fingerprint density at radius 3 is 2.29 bits per heavy atom. The van der Waals surface area contributed by atoms with E-state index >= 15 is 0 Å². The summed E-state index contributed by atoms with van der Waals surface area (Å²) >= 11 is 5.37. The van der Waals surface area contributed by atoms with Gasteiger partial charge in [-0.2, -0.15) is 0 Å². The highest BCUT2D eigenvalue weighted by Crippen LogP contribution is 2.57. The van der Waals surface area contributed by atoms with E-state index in [4.69, 9.17) is 21.7 Å². The van der Waals surface area contributed by atoms with E-state index < -0.39 is 0 Å². The fourth-order valence-electron chi connectivity index (χ4n) is 5.72. The van der Waals surface area contributed by atoms with Gasteiger partial charge in [0.05, 0.1) is 24.4 Å². The SMILES string of the molecule is CCOC(=O)c1ccc(NC(=S)NCCOC23CC4CC(CC(C4)C2)C3)cc1. The van der Waals surface area contributed by atoms with Crippen molar-refractivity contribution in [3.63, 3.8) is 0 Å². The molecule has 6 heteroatoms. The van der Waals surface area contributed by atoms with Gasteiger partial charge in [-0.15, -0.1) is 0 Å². The maximum absolute atomic E-state index is 11.7. The Hall–Kier alpha value is -1.66. The van der Waals surface area contributed by atoms with Crippen LogP contribution in [0.15, 0.2) is 24.3 Å². The molecule has 0 heterocycles. The first-order valence-electron chi connectivity index (χ1n) is 10.5. The second kappa shape index (κ2) is 8.37. The standard InChI is InChI=1S/C22H30N2O3S/c1-2-26-20(25)18-3-5-19(6-4-18)24-21(28)23-7-8-27-22-12-15-9-16(13-22)11-17(10-15)14-22/h3-6,15-17H,2,7-14H2,1H3,(H2,23,24,28). The van der Waals surface area contributed by atoms with Gasteiger partial charge in [0.15, 0.2) is 5.11 Å². The second-order valence-electron chi connectivity index (χ2n) is 8.63. The van der Waals surface area contributed by atoms with Crippen LogP contribution in [0.2, 0.25) is 0 Å². The summed E-state index contributed by atoms with van der Waals surface area (Å²) in [5, 5.41) is 6.94. The lowest BCUT2D eigenvalue weighted by molar-refractivity contribution is -0.160. The van der Waals surface area contributed by atoms with Gasteiger partial charge in [-0.25, -0.2) is 4.79 Å². The van der Waals surface area contributed by atoms with Crippen molar-refractivity contribution in [2.75, 3.05) is 25.1 Å². The predicted molar refractivity (Wildman–Crippen MR) is 113 cm³/mol. The minimum Gasteiger partial charge on any atom is -0.462 e. The number of carbonyl (C=O) groups is 1. The number of esters is 1. The Morgan fingerprint density at radius 2 is 1.71 bits per heavy atom. The molecule has 28 heavy (non-hydrogen) atoms. The van der Waals surface area contributed by atoms with Gasteiger partial charge in [-0.05, 0) is 99.7 Å². The first-order valence-corrected chi connectivity index (χ1v) is 10.9. The van der Waals surface area contributed by atoms with E-state index in [2.05, 4.69) is 10.6 Å². The Morgan fingerprint density at radius 1 is 1.11 bits per heavy atom. The highest BCUT2D eigenvalue weighted by molar-refractivity contribution is 7.80. The molecule has 152 valence electrons. The average Bonchev–Trinajstić information content (AvgIpc) is 2.65. The van der Waals surface area contributed by atoms with Gasteiger partial charge < -0.3 is 20.1 Å². The van der Waals surface area contributed by atoms with E-state index in [-0.39, 0.29) is 11.6 Å². The molecule has 4 aliphatic carbocycles. The summed E-state index contributed by atoms with van der Waals surface area (Å²) in [5.41, 5.74) is 1.52. The highest BCUT2D eigenvalue weighted by Gasteiger charge is 2.51. The summed E-state index contributed by atoms with van der Waals surface area (Å²) in [4.78, 5) is 11.7. The maximum Gasteiger partial charge on any atom is 0.338 e. The van der Waals surface area contributed by atoms with Crippen LogP contribution in [-0.2, 0) is 9.47 Å². The number of carbonyl (C=O) groups excluding carboxylic acids is 1. The van der Waals surface area contributed by atoms with Gasteiger partial charge in [0, 0.05) is 12.2 Å². The van der Waals surface area contributed by atoms with Gasteiger partial charge in [0.1, 0.15) is 0 Å². The monoisotopic (exact) mass is 402 g/mol. The molecular weight excluding hydrogens is 372 g/mol. The lowest BCUT2D eigenvalue weighted by Crippen LogP contribution is -2.52. The topological polar surface area (TPSA) is 59.6 Å².